The Labute approximate surface area is 118 Å². The lowest BCUT2D eigenvalue weighted by Crippen LogP contribution is -1.90. The summed E-state index contributed by atoms with van der Waals surface area (Å²) in [6.07, 6.45) is 0. The summed E-state index contributed by atoms with van der Waals surface area (Å²) in [5, 5.41) is 9.06. The number of rotatable bonds is 2. The van der Waals surface area contributed by atoms with E-state index in [0.29, 0.717) is 11.3 Å². The van der Waals surface area contributed by atoms with Crippen LogP contribution < -0.4 is 4.74 Å². The Morgan fingerprint density at radius 2 is 2.00 bits per heavy atom. The molecule has 0 atom stereocenters. The third-order valence-electron chi connectivity index (χ3n) is 2.41. The van der Waals surface area contributed by atoms with E-state index in [2.05, 4.69) is 20.9 Å². The topological polar surface area (TPSA) is 45.9 Å². The van der Waals surface area contributed by atoms with Crippen molar-refractivity contribution in [2.75, 3.05) is 7.11 Å². The van der Waals surface area contributed by atoms with Crippen LogP contribution >= 0.6 is 27.5 Å². The zero-order chi connectivity index (χ0) is 13.1. The molecular weight excluding hydrogens is 316 g/mol. The highest BCUT2D eigenvalue weighted by atomic mass is 79.9. The van der Waals surface area contributed by atoms with Crippen LogP contribution in [0.5, 0.6) is 5.75 Å². The average molecular weight is 324 g/mol. The van der Waals surface area contributed by atoms with Gasteiger partial charge in [-0.1, -0.05) is 11.6 Å². The number of ether oxygens (including phenoxy) is 1. The van der Waals surface area contributed by atoms with Gasteiger partial charge in [0.1, 0.15) is 17.0 Å². The van der Waals surface area contributed by atoms with Crippen LogP contribution in [0, 0.1) is 11.3 Å². The van der Waals surface area contributed by atoms with E-state index < -0.39 is 0 Å². The van der Waals surface area contributed by atoms with Gasteiger partial charge in [-0.2, -0.15) is 5.26 Å². The molecule has 0 saturated carbocycles. The minimum Gasteiger partial charge on any atom is -0.497 e. The van der Waals surface area contributed by atoms with E-state index in [4.69, 9.17) is 21.6 Å². The number of hydrogen-bond acceptors (Lipinski definition) is 3. The standard InChI is InChI=1S/C13H8BrClN2O/c1-18-10-4-2-8(3-5-10)12-11(14)6-9(7-16)13(15)17-12/h2-6H,1H3. The number of halogens is 2. The highest BCUT2D eigenvalue weighted by molar-refractivity contribution is 9.10. The molecule has 0 fully saturated rings. The summed E-state index contributed by atoms with van der Waals surface area (Å²) in [6.45, 7) is 0. The summed E-state index contributed by atoms with van der Waals surface area (Å²) in [7, 11) is 1.61. The molecule has 18 heavy (non-hydrogen) atoms. The second-order valence-electron chi connectivity index (χ2n) is 3.50. The number of aromatic nitrogens is 1. The fraction of sp³-hybridized carbons (Fsp3) is 0.0769. The fourth-order valence-corrected chi connectivity index (χ4v) is 2.22. The maximum Gasteiger partial charge on any atom is 0.147 e. The molecule has 2 aromatic rings. The molecule has 1 aromatic carbocycles. The summed E-state index contributed by atoms with van der Waals surface area (Å²) in [6, 6.07) is 11.1. The molecule has 0 N–H and O–H groups in total. The summed E-state index contributed by atoms with van der Waals surface area (Å²) >= 11 is 9.32. The van der Waals surface area contributed by atoms with Crippen LogP contribution in [-0.4, -0.2) is 12.1 Å². The second-order valence-corrected chi connectivity index (χ2v) is 4.71. The first kappa shape index (κ1) is 12.9. The first-order valence-corrected chi connectivity index (χ1v) is 6.23. The van der Waals surface area contributed by atoms with Crippen molar-refractivity contribution in [1.29, 1.82) is 5.26 Å². The number of hydrogen-bond donors (Lipinski definition) is 0. The molecule has 0 aliphatic carbocycles. The Balaban J connectivity index is 2.50. The van der Waals surface area contributed by atoms with Crippen molar-refractivity contribution in [2.24, 2.45) is 0 Å². The van der Waals surface area contributed by atoms with E-state index in [0.717, 1.165) is 15.8 Å². The van der Waals surface area contributed by atoms with Gasteiger partial charge in [-0.25, -0.2) is 4.98 Å². The SMILES string of the molecule is COc1ccc(-c2nc(Cl)c(C#N)cc2Br)cc1. The Kier molecular flexibility index (Phi) is 3.85. The molecule has 1 aromatic heterocycles. The Hall–Kier alpha value is -1.57. The van der Waals surface area contributed by atoms with Gasteiger partial charge in [0.05, 0.1) is 18.4 Å². The predicted molar refractivity (Wildman–Crippen MR) is 73.7 cm³/mol. The summed E-state index contributed by atoms with van der Waals surface area (Å²) in [5.41, 5.74) is 1.94. The number of pyridine rings is 1. The van der Waals surface area contributed by atoms with Gasteiger partial charge in [-0.3, -0.25) is 0 Å². The molecule has 0 spiro atoms. The fourth-order valence-electron chi connectivity index (χ4n) is 1.50. The molecular formula is C13H8BrClN2O. The maximum absolute atomic E-state index is 8.86. The lowest BCUT2D eigenvalue weighted by atomic mass is 10.1. The first-order chi connectivity index (χ1) is 8.65. The van der Waals surface area contributed by atoms with Crippen LogP contribution in [0.1, 0.15) is 5.56 Å². The number of nitrogens with zero attached hydrogens (tertiary/aromatic N) is 2. The van der Waals surface area contributed by atoms with Gasteiger partial charge >= 0.3 is 0 Å². The van der Waals surface area contributed by atoms with Crippen molar-refractivity contribution in [2.45, 2.75) is 0 Å². The molecule has 2 rings (SSSR count). The van der Waals surface area contributed by atoms with E-state index in [1.807, 2.05) is 30.3 Å². The van der Waals surface area contributed by atoms with E-state index >= 15 is 0 Å². The molecule has 0 aliphatic rings. The lowest BCUT2D eigenvalue weighted by Gasteiger charge is -2.06. The molecule has 0 aliphatic heterocycles. The van der Waals surface area contributed by atoms with Crippen molar-refractivity contribution in [3.63, 3.8) is 0 Å². The highest BCUT2D eigenvalue weighted by Gasteiger charge is 2.10. The van der Waals surface area contributed by atoms with Crippen LogP contribution in [0.4, 0.5) is 0 Å². The predicted octanol–water partition coefficient (Wildman–Crippen LogP) is 4.04. The molecule has 0 bridgehead atoms. The van der Waals surface area contributed by atoms with E-state index in [-0.39, 0.29) is 5.15 Å². The van der Waals surface area contributed by atoms with Gasteiger partial charge in [0.2, 0.25) is 0 Å². The van der Waals surface area contributed by atoms with Crippen molar-refractivity contribution in [1.82, 2.24) is 4.98 Å². The first-order valence-electron chi connectivity index (χ1n) is 5.06. The molecule has 3 nitrogen and oxygen atoms in total. The monoisotopic (exact) mass is 322 g/mol. The number of nitriles is 1. The van der Waals surface area contributed by atoms with Crippen LogP contribution in [0.25, 0.3) is 11.3 Å². The third-order valence-corrected chi connectivity index (χ3v) is 3.31. The molecule has 0 unspecified atom stereocenters. The van der Waals surface area contributed by atoms with Crippen LogP contribution in [-0.2, 0) is 0 Å². The highest BCUT2D eigenvalue weighted by Crippen LogP contribution is 2.30. The number of methoxy groups -OCH3 is 1. The van der Waals surface area contributed by atoms with E-state index in [1.165, 1.54) is 0 Å². The largest absolute Gasteiger partial charge is 0.497 e. The lowest BCUT2D eigenvalue weighted by molar-refractivity contribution is 0.415. The van der Waals surface area contributed by atoms with Gasteiger partial charge in [-0.15, -0.1) is 0 Å². The molecule has 1 heterocycles. The zero-order valence-electron chi connectivity index (χ0n) is 9.45. The van der Waals surface area contributed by atoms with Crippen molar-refractivity contribution in [3.05, 3.63) is 45.5 Å². The smallest absolute Gasteiger partial charge is 0.147 e. The molecule has 5 heteroatoms. The number of benzene rings is 1. The summed E-state index contributed by atoms with van der Waals surface area (Å²) < 4.78 is 5.82. The maximum atomic E-state index is 8.86. The van der Waals surface area contributed by atoms with E-state index in [9.17, 15) is 0 Å². The van der Waals surface area contributed by atoms with Crippen LogP contribution in [0.3, 0.4) is 0 Å². The minimum absolute atomic E-state index is 0.200. The quantitative estimate of drug-likeness (QED) is 0.783. The average Bonchev–Trinajstić information content (AvgIpc) is 2.41. The summed E-state index contributed by atoms with van der Waals surface area (Å²) in [4.78, 5) is 4.22. The van der Waals surface area contributed by atoms with E-state index in [1.54, 1.807) is 13.2 Å². The van der Waals surface area contributed by atoms with Crippen LogP contribution in [0.2, 0.25) is 5.15 Å². The van der Waals surface area contributed by atoms with Crippen molar-refractivity contribution >= 4 is 27.5 Å². The summed E-state index contributed by atoms with van der Waals surface area (Å²) in [5.74, 6) is 0.773. The van der Waals surface area contributed by atoms with Crippen molar-refractivity contribution in [3.8, 4) is 23.1 Å². The van der Waals surface area contributed by atoms with Gasteiger partial charge < -0.3 is 4.74 Å². The van der Waals surface area contributed by atoms with Gasteiger partial charge in [0.25, 0.3) is 0 Å². The van der Waals surface area contributed by atoms with Gasteiger partial charge in [0.15, 0.2) is 0 Å². The zero-order valence-corrected chi connectivity index (χ0v) is 11.8. The van der Waals surface area contributed by atoms with Gasteiger partial charge in [0, 0.05) is 10.0 Å². The van der Waals surface area contributed by atoms with Crippen molar-refractivity contribution < 1.29 is 4.74 Å². The minimum atomic E-state index is 0.200. The normalized spacial score (nSPS) is 9.89. The van der Waals surface area contributed by atoms with Crippen LogP contribution in [0.15, 0.2) is 34.8 Å². The Morgan fingerprint density at radius 1 is 1.33 bits per heavy atom. The van der Waals surface area contributed by atoms with Gasteiger partial charge in [-0.05, 0) is 46.3 Å². The molecule has 0 saturated heterocycles. The second kappa shape index (κ2) is 5.38. The molecule has 0 amide bonds. The third kappa shape index (κ3) is 2.47. The molecule has 90 valence electrons. The Bertz CT molecular complexity index is 620. The Morgan fingerprint density at radius 3 is 2.56 bits per heavy atom. The molecule has 0 radical (unpaired) electrons.